The number of rotatable bonds is 8. The highest BCUT2D eigenvalue weighted by Crippen LogP contribution is 2.38. The van der Waals surface area contributed by atoms with Gasteiger partial charge >= 0.3 is 5.97 Å². The summed E-state index contributed by atoms with van der Waals surface area (Å²) in [5, 5.41) is 1.00. The number of Topliss-reactive ketones (excluding diaryl/α,β-unsaturated/α-hetero) is 1. The first-order valence-electron chi connectivity index (χ1n) is 9.36. The van der Waals surface area contributed by atoms with Crippen LogP contribution in [-0.2, 0) is 9.53 Å². The number of esters is 1. The molecule has 2 aliphatic rings. The highest BCUT2D eigenvalue weighted by molar-refractivity contribution is 6.34. The molecule has 144 valence electrons. The van der Waals surface area contributed by atoms with Gasteiger partial charge in [0.15, 0.2) is 5.78 Å². The largest absolute Gasteiger partial charge is 0.462 e. The van der Waals surface area contributed by atoms with E-state index < -0.39 is 6.04 Å². The number of halogens is 2. The molecular weight excluding hydrogens is 385 g/mol. The molecule has 2 heterocycles. The average molecular weight is 408 g/mol. The number of nitrogens with zero attached hydrogens (tertiary/aromatic N) is 1. The number of hydrogen-bond acceptors (Lipinski definition) is 4. The van der Waals surface area contributed by atoms with Crippen molar-refractivity contribution in [1.29, 1.82) is 0 Å². The van der Waals surface area contributed by atoms with Crippen LogP contribution in [0, 0.1) is 0 Å². The molecule has 6 heteroatoms. The second kappa shape index (κ2) is 8.94. The second-order valence-electron chi connectivity index (χ2n) is 6.81. The van der Waals surface area contributed by atoms with E-state index in [-0.39, 0.29) is 11.8 Å². The van der Waals surface area contributed by atoms with Crippen LogP contribution in [0.15, 0.2) is 46.6 Å². The minimum Gasteiger partial charge on any atom is -0.462 e. The van der Waals surface area contributed by atoms with Crippen LogP contribution in [0.5, 0.6) is 0 Å². The number of ketones is 1. The van der Waals surface area contributed by atoms with Gasteiger partial charge in [-0.3, -0.25) is 4.79 Å². The fraction of sp³-hybridized carbons (Fsp3) is 0.429. The van der Waals surface area contributed by atoms with E-state index in [4.69, 9.17) is 27.9 Å². The van der Waals surface area contributed by atoms with Crippen LogP contribution in [0.2, 0.25) is 5.02 Å². The van der Waals surface area contributed by atoms with E-state index in [0.717, 1.165) is 25.7 Å². The van der Waals surface area contributed by atoms with E-state index in [9.17, 15) is 9.59 Å². The number of hydrogen-bond donors (Lipinski definition) is 0. The molecule has 0 aromatic heterocycles. The first-order chi connectivity index (χ1) is 13.0. The Morgan fingerprint density at radius 1 is 1.15 bits per heavy atom. The normalized spacial score (nSPS) is 18.6. The van der Waals surface area contributed by atoms with Crippen molar-refractivity contribution in [3.05, 3.63) is 57.2 Å². The third-order valence-electron chi connectivity index (χ3n) is 4.92. The Hall–Kier alpha value is -1.78. The summed E-state index contributed by atoms with van der Waals surface area (Å²) in [4.78, 5) is 27.2. The average Bonchev–Trinajstić information content (AvgIpc) is 3.19. The molecule has 0 saturated heterocycles. The van der Waals surface area contributed by atoms with Crippen LogP contribution in [0.3, 0.4) is 0 Å². The molecule has 1 aromatic rings. The third kappa shape index (κ3) is 4.39. The summed E-state index contributed by atoms with van der Waals surface area (Å²) >= 11 is 12.3. The van der Waals surface area contributed by atoms with E-state index in [1.54, 1.807) is 30.3 Å². The van der Waals surface area contributed by atoms with Crippen molar-refractivity contribution in [2.24, 2.45) is 0 Å². The van der Waals surface area contributed by atoms with Crippen molar-refractivity contribution in [1.82, 2.24) is 4.90 Å². The summed E-state index contributed by atoms with van der Waals surface area (Å²) in [5.74, 6) is -0.401. The number of carbonyl (C=O) groups is 2. The predicted molar refractivity (Wildman–Crippen MR) is 107 cm³/mol. The fourth-order valence-corrected chi connectivity index (χ4v) is 3.92. The minimum atomic E-state index is -0.585. The van der Waals surface area contributed by atoms with Gasteiger partial charge in [0.05, 0.1) is 17.2 Å². The maximum atomic E-state index is 12.9. The molecule has 0 N–H and O–H groups in total. The lowest BCUT2D eigenvalue weighted by molar-refractivity contribution is -0.139. The Morgan fingerprint density at radius 3 is 2.59 bits per heavy atom. The van der Waals surface area contributed by atoms with Gasteiger partial charge in [0.1, 0.15) is 6.04 Å². The summed E-state index contributed by atoms with van der Waals surface area (Å²) < 4.78 is 5.41. The van der Waals surface area contributed by atoms with Crippen LogP contribution in [0.1, 0.15) is 49.4 Å². The molecule has 27 heavy (non-hydrogen) atoms. The van der Waals surface area contributed by atoms with Gasteiger partial charge in [-0.2, -0.15) is 0 Å². The molecule has 0 radical (unpaired) electrons. The van der Waals surface area contributed by atoms with Gasteiger partial charge in [0.25, 0.3) is 0 Å². The molecule has 1 aromatic carbocycles. The highest BCUT2D eigenvalue weighted by Gasteiger charge is 2.41. The van der Waals surface area contributed by atoms with Gasteiger partial charge in [-0.1, -0.05) is 49.4 Å². The SMILES string of the molecule is CCCCCCOC(=O)C1=C2C=C(Cl)C(C(=O)c3ccc(Cl)cc3)N2CC1. The molecule has 3 rings (SSSR count). The Labute approximate surface area is 169 Å². The van der Waals surface area contributed by atoms with Crippen molar-refractivity contribution < 1.29 is 14.3 Å². The van der Waals surface area contributed by atoms with E-state index in [1.807, 2.05) is 4.90 Å². The third-order valence-corrected chi connectivity index (χ3v) is 5.49. The molecule has 0 amide bonds. The Morgan fingerprint density at radius 2 is 1.89 bits per heavy atom. The van der Waals surface area contributed by atoms with Crippen LogP contribution in [-0.4, -0.2) is 35.8 Å². The van der Waals surface area contributed by atoms with Gasteiger partial charge in [0.2, 0.25) is 0 Å². The monoisotopic (exact) mass is 407 g/mol. The van der Waals surface area contributed by atoms with Crippen molar-refractivity contribution in [2.75, 3.05) is 13.2 Å². The van der Waals surface area contributed by atoms with E-state index in [0.29, 0.717) is 46.5 Å². The molecule has 1 unspecified atom stereocenters. The summed E-state index contributed by atoms with van der Waals surface area (Å²) in [6.45, 7) is 3.15. The molecule has 0 saturated carbocycles. The quantitative estimate of drug-likeness (QED) is 0.341. The fourth-order valence-electron chi connectivity index (χ4n) is 3.48. The molecule has 4 nitrogen and oxygen atoms in total. The maximum Gasteiger partial charge on any atom is 0.336 e. The zero-order valence-electron chi connectivity index (χ0n) is 15.3. The van der Waals surface area contributed by atoms with E-state index in [2.05, 4.69) is 6.92 Å². The standard InChI is InChI=1S/C21H23Cl2NO3/c1-2-3-4-5-12-27-21(26)16-10-11-24-18(16)13-17(23)19(24)20(25)14-6-8-15(22)9-7-14/h6-9,13,19H,2-5,10-12H2,1H3. The van der Waals surface area contributed by atoms with Gasteiger partial charge < -0.3 is 9.64 Å². The number of ether oxygens (including phenoxy) is 1. The lowest BCUT2D eigenvalue weighted by atomic mass is 10.0. The zero-order valence-corrected chi connectivity index (χ0v) is 16.9. The van der Waals surface area contributed by atoms with Crippen molar-refractivity contribution >= 4 is 35.0 Å². The van der Waals surface area contributed by atoms with Crippen LogP contribution < -0.4 is 0 Å². The van der Waals surface area contributed by atoms with Gasteiger partial charge in [-0.15, -0.1) is 0 Å². The molecule has 0 spiro atoms. The van der Waals surface area contributed by atoms with E-state index in [1.165, 1.54) is 0 Å². The first-order valence-corrected chi connectivity index (χ1v) is 10.1. The van der Waals surface area contributed by atoms with Crippen molar-refractivity contribution in [3.63, 3.8) is 0 Å². The summed E-state index contributed by atoms with van der Waals surface area (Å²) in [6, 6.07) is 6.17. The summed E-state index contributed by atoms with van der Waals surface area (Å²) in [6.07, 6.45) is 6.51. The lowest BCUT2D eigenvalue weighted by Crippen LogP contribution is -2.35. The Balaban J connectivity index is 1.69. The van der Waals surface area contributed by atoms with Gasteiger partial charge in [0, 0.05) is 22.8 Å². The highest BCUT2D eigenvalue weighted by atomic mass is 35.5. The summed E-state index contributed by atoms with van der Waals surface area (Å²) in [5.41, 5.74) is 1.87. The van der Waals surface area contributed by atoms with Crippen molar-refractivity contribution in [3.8, 4) is 0 Å². The predicted octanol–water partition coefficient (Wildman–Crippen LogP) is 5.11. The van der Waals surface area contributed by atoms with Crippen LogP contribution >= 0.6 is 23.2 Å². The van der Waals surface area contributed by atoms with Gasteiger partial charge in [-0.05, 0) is 43.2 Å². The molecule has 0 aliphatic carbocycles. The number of carbonyl (C=O) groups excluding carboxylic acids is 2. The summed E-state index contributed by atoms with van der Waals surface area (Å²) in [7, 11) is 0. The van der Waals surface area contributed by atoms with Crippen molar-refractivity contribution in [2.45, 2.75) is 45.1 Å². The van der Waals surface area contributed by atoms with Gasteiger partial charge in [-0.25, -0.2) is 4.79 Å². The first kappa shape index (κ1) is 20.0. The topological polar surface area (TPSA) is 46.6 Å². The zero-order chi connectivity index (χ0) is 19.4. The minimum absolute atomic E-state index is 0.0999. The number of allylic oxidation sites excluding steroid dienone is 1. The second-order valence-corrected chi connectivity index (χ2v) is 7.68. The maximum absolute atomic E-state index is 12.9. The van der Waals surface area contributed by atoms with Crippen LogP contribution in [0.25, 0.3) is 0 Å². The number of unbranched alkanes of at least 4 members (excludes halogenated alkanes) is 3. The Kier molecular flexibility index (Phi) is 6.61. The Bertz CT molecular complexity index is 783. The number of fused-ring (bicyclic) bond motifs is 1. The molecular formula is C21H23Cl2NO3. The van der Waals surface area contributed by atoms with E-state index >= 15 is 0 Å². The molecule has 1 atom stereocenters. The molecule has 0 fully saturated rings. The number of benzene rings is 1. The molecule has 0 bridgehead atoms. The molecule has 2 aliphatic heterocycles. The van der Waals surface area contributed by atoms with Crippen LogP contribution in [0.4, 0.5) is 0 Å². The lowest BCUT2D eigenvalue weighted by Gasteiger charge is -2.23. The smallest absolute Gasteiger partial charge is 0.336 e.